The average Bonchev–Trinajstić information content (AvgIpc) is 2.85. The smallest absolute Gasteiger partial charge is 0.319 e. The van der Waals surface area contributed by atoms with E-state index in [1.54, 1.807) is 0 Å². The van der Waals surface area contributed by atoms with Crippen LogP contribution in [0.5, 0.6) is 0 Å². The number of nitrogens with zero attached hydrogens (tertiary/aromatic N) is 2. The van der Waals surface area contributed by atoms with Crippen LogP contribution in [0.4, 0.5) is 15.6 Å². The van der Waals surface area contributed by atoms with Crippen LogP contribution >= 0.6 is 11.3 Å². The van der Waals surface area contributed by atoms with Crippen molar-refractivity contribution in [2.24, 2.45) is 0 Å². The van der Waals surface area contributed by atoms with Gasteiger partial charge in [0.05, 0.1) is 6.04 Å². The lowest BCUT2D eigenvalue weighted by atomic mass is 10.0. The van der Waals surface area contributed by atoms with E-state index >= 15 is 0 Å². The summed E-state index contributed by atoms with van der Waals surface area (Å²) in [5.74, 6) is 0.335. The van der Waals surface area contributed by atoms with Crippen molar-refractivity contribution in [1.29, 1.82) is 0 Å². The van der Waals surface area contributed by atoms with Crippen LogP contribution in [0.25, 0.3) is 0 Å². The van der Waals surface area contributed by atoms with E-state index in [2.05, 4.69) is 34.7 Å². The number of hydrogen-bond donors (Lipinski definition) is 3. The first kappa shape index (κ1) is 15.2. The Bertz CT molecular complexity index is 625. The highest BCUT2D eigenvalue weighted by Gasteiger charge is 2.15. The van der Waals surface area contributed by atoms with Crippen molar-refractivity contribution in [1.82, 2.24) is 15.5 Å². The van der Waals surface area contributed by atoms with E-state index in [-0.39, 0.29) is 12.1 Å². The number of urea groups is 1. The Hall–Kier alpha value is -2.15. The molecule has 0 aliphatic heterocycles. The highest BCUT2D eigenvalue weighted by molar-refractivity contribution is 7.15. The number of nitrogens with two attached hydrogens (primary N) is 1. The summed E-state index contributed by atoms with van der Waals surface area (Å²) in [5, 5.41) is 14.4. The molecular weight excluding hydrogens is 286 g/mol. The first-order valence-electron chi connectivity index (χ1n) is 6.72. The molecule has 0 fully saturated rings. The molecule has 2 rings (SSSR count). The number of aromatic nitrogens is 2. The molecule has 6 nitrogen and oxygen atoms in total. The van der Waals surface area contributed by atoms with Crippen LogP contribution in [0.1, 0.15) is 43.3 Å². The number of carbonyl (C=O) groups excluding carboxylic acids is 1. The van der Waals surface area contributed by atoms with Crippen molar-refractivity contribution in [2.45, 2.75) is 32.7 Å². The van der Waals surface area contributed by atoms with Gasteiger partial charge in [-0.05, 0) is 24.5 Å². The van der Waals surface area contributed by atoms with E-state index < -0.39 is 0 Å². The SMILES string of the molecule is CC(C)c1ccccc1NC(=O)N[C@@H](C)c1nnc(N)s1. The van der Waals surface area contributed by atoms with Gasteiger partial charge in [-0.15, -0.1) is 10.2 Å². The number of hydrogen-bond acceptors (Lipinski definition) is 5. The van der Waals surface area contributed by atoms with E-state index in [4.69, 9.17) is 5.73 Å². The lowest BCUT2D eigenvalue weighted by Gasteiger charge is -2.16. The van der Waals surface area contributed by atoms with Crippen molar-refractivity contribution in [3.8, 4) is 0 Å². The summed E-state index contributed by atoms with van der Waals surface area (Å²) in [5.41, 5.74) is 7.45. The monoisotopic (exact) mass is 305 g/mol. The molecule has 0 radical (unpaired) electrons. The van der Waals surface area contributed by atoms with E-state index in [9.17, 15) is 4.79 Å². The lowest BCUT2D eigenvalue weighted by Crippen LogP contribution is -2.31. The molecule has 1 atom stereocenters. The number of nitrogen functional groups attached to an aromatic ring is 1. The van der Waals surface area contributed by atoms with Gasteiger partial charge in [-0.1, -0.05) is 43.4 Å². The van der Waals surface area contributed by atoms with Crippen LogP contribution < -0.4 is 16.4 Å². The standard InChI is InChI=1S/C14H19N5OS/c1-8(2)10-6-4-5-7-11(10)17-14(20)16-9(3)12-18-19-13(15)21-12/h4-9H,1-3H3,(H2,15,19)(H2,16,17,20)/t9-/m0/s1. The molecule has 1 aromatic carbocycles. The second kappa shape index (κ2) is 6.53. The number of benzene rings is 1. The van der Waals surface area contributed by atoms with Gasteiger partial charge in [0.15, 0.2) is 0 Å². The van der Waals surface area contributed by atoms with Crippen LogP contribution in [0.15, 0.2) is 24.3 Å². The molecular formula is C14H19N5OS. The minimum atomic E-state index is -0.274. The summed E-state index contributed by atoms with van der Waals surface area (Å²) in [4.78, 5) is 12.1. The first-order chi connectivity index (χ1) is 9.97. The molecule has 0 aliphatic rings. The fourth-order valence-electron chi connectivity index (χ4n) is 1.95. The molecule has 2 amide bonds. The van der Waals surface area contributed by atoms with E-state index in [1.807, 2.05) is 31.2 Å². The molecule has 0 aliphatic carbocycles. The van der Waals surface area contributed by atoms with Crippen molar-refractivity contribution in [3.05, 3.63) is 34.8 Å². The summed E-state index contributed by atoms with van der Waals surface area (Å²) in [7, 11) is 0. The predicted octanol–water partition coefficient (Wildman–Crippen LogP) is 3.13. The van der Waals surface area contributed by atoms with Gasteiger partial charge in [0, 0.05) is 5.69 Å². The Morgan fingerprint density at radius 3 is 2.57 bits per heavy atom. The van der Waals surface area contributed by atoms with Gasteiger partial charge in [0.1, 0.15) is 5.01 Å². The second-order valence-corrected chi connectivity index (χ2v) is 6.08. The molecule has 4 N–H and O–H groups in total. The minimum absolute atomic E-state index is 0.244. The molecule has 2 aromatic rings. The molecule has 1 aromatic heterocycles. The molecule has 0 unspecified atom stereocenters. The predicted molar refractivity (Wildman–Crippen MR) is 85.4 cm³/mol. The number of para-hydroxylation sites is 1. The summed E-state index contributed by atoms with van der Waals surface area (Å²) in [6.45, 7) is 6.02. The quantitative estimate of drug-likeness (QED) is 0.809. The maximum absolute atomic E-state index is 12.1. The normalized spacial score (nSPS) is 12.2. The molecule has 21 heavy (non-hydrogen) atoms. The third-order valence-corrected chi connectivity index (χ3v) is 3.94. The first-order valence-corrected chi connectivity index (χ1v) is 7.54. The van der Waals surface area contributed by atoms with Crippen LogP contribution in [0.3, 0.4) is 0 Å². The fraction of sp³-hybridized carbons (Fsp3) is 0.357. The zero-order chi connectivity index (χ0) is 15.4. The van der Waals surface area contributed by atoms with Gasteiger partial charge in [0.2, 0.25) is 5.13 Å². The van der Waals surface area contributed by atoms with Gasteiger partial charge < -0.3 is 16.4 Å². The number of anilines is 2. The number of amides is 2. The number of rotatable bonds is 4. The van der Waals surface area contributed by atoms with E-state index in [1.165, 1.54) is 11.3 Å². The number of nitrogens with one attached hydrogen (secondary N) is 2. The third kappa shape index (κ3) is 3.91. The van der Waals surface area contributed by atoms with Crippen molar-refractivity contribution >= 4 is 28.2 Å². The lowest BCUT2D eigenvalue weighted by molar-refractivity contribution is 0.249. The van der Waals surface area contributed by atoms with Crippen molar-refractivity contribution in [3.63, 3.8) is 0 Å². The van der Waals surface area contributed by atoms with Crippen LogP contribution in [0.2, 0.25) is 0 Å². The Morgan fingerprint density at radius 1 is 1.24 bits per heavy atom. The van der Waals surface area contributed by atoms with Crippen molar-refractivity contribution < 1.29 is 4.79 Å². The fourth-order valence-corrected chi connectivity index (χ4v) is 2.57. The summed E-state index contributed by atoms with van der Waals surface area (Å²) in [6, 6.07) is 7.24. The van der Waals surface area contributed by atoms with Gasteiger partial charge in [-0.3, -0.25) is 0 Å². The van der Waals surface area contributed by atoms with Crippen LogP contribution in [-0.4, -0.2) is 16.2 Å². The molecule has 0 bridgehead atoms. The third-order valence-electron chi connectivity index (χ3n) is 3.01. The Morgan fingerprint density at radius 2 is 1.95 bits per heavy atom. The maximum atomic E-state index is 12.1. The highest BCUT2D eigenvalue weighted by Crippen LogP contribution is 2.24. The average molecular weight is 305 g/mol. The number of carbonyl (C=O) groups is 1. The van der Waals surface area contributed by atoms with Crippen LogP contribution in [-0.2, 0) is 0 Å². The maximum Gasteiger partial charge on any atom is 0.319 e. The summed E-state index contributed by atoms with van der Waals surface area (Å²) >= 11 is 1.27. The van der Waals surface area contributed by atoms with E-state index in [0.717, 1.165) is 11.3 Å². The zero-order valence-corrected chi connectivity index (χ0v) is 13.1. The van der Waals surface area contributed by atoms with Gasteiger partial charge >= 0.3 is 6.03 Å². The topological polar surface area (TPSA) is 92.9 Å². The Labute approximate surface area is 127 Å². The van der Waals surface area contributed by atoms with Gasteiger partial charge in [-0.2, -0.15) is 0 Å². The molecule has 0 saturated carbocycles. The minimum Gasteiger partial charge on any atom is -0.374 e. The molecule has 112 valence electrons. The molecule has 0 spiro atoms. The highest BCUT2D eigenvalue weighted by atomic mass is 32.1. The van der Waals surface area contributed by atoms with Crippen molar-refractivity contribution in [2.75, 3.05) is 11.1 Å². The van der Waals surface area contributed by atoms with E-state index in [0.29, 0.717) is 16.1 Å². The van der Waals surface area contributed by atoms with Gasteiger partial charge in [-0.25, -0.2) is 4.79 Å². The Kier molecular flexibility index (Phi) is 4.74. The zero-order valence-electron chi connectivity index (χ0n) is 12.3. The molecule has 7 heteroatoms. The van der Waals surface area contributed by atoms with Crippen LogP contribution in [0, 0.1) is 0 Å². The molecule has 0 saturated heterocycles. The summed E-state index contributed by atoms with van der Waals surface area (Å²) in [6.07, 6.45) is 0. The molecule has 1 heterocycles. The Balaban J connectivity index is 2.02. The van der Waals surface area contributed by atoms with Gasteiger partial charge in [0.25, 0.3) is 0 Å². The second-order valence-electron chi connectivity index (χ2n) is 5.04. The summed E-state index contributed by atoms with van der Waals surface area (Å²) < 4.78 is 0. The largest absolute Gasteiger partial charge is 0.374 e.